The van der Waals surface area contributed by atoms with Crippen molar-refractivity contribution in [3.8, 4) is 0 Å². The van der Waals surface area contributed by atoms with Crippen LogP contribution in [0.25, 0.3) is 0 Å². The molecule has 1 unspecified atom stereocenters. The Kier molecular flexibility index (Phi) is 4.78. The van der Waals surface area contributed by atoms with Gasteiger partial charge in [0.15, 0.2) is 0 Å². The summed E-state index contributed by atoms with van der Waals surface area (Å²) in [4.78, 5) is 52.3. The zero-order chi connectivity index (χ0) is 19.8. The maximum atomic E-state index is 12.8. The summed E-state index contributed by atoms with van der Waals surface area (Å²) in [6.07, 6.45) is 2.62. The molecule has 0 saturated carbocycles. The van der Waals surface area contributed by atoms with Gasteiger partial charge in [-0.2, -0.15) is 0 Å². The maximum Gasteiger partial charge on any atom is 0.255 e. The van der Waals surface area contributed by atoms with E-state index in [0.717, 1.165) is 30.6 Å². The van der Waals surface area contributed by atoms with E-state index in [4.69, 9.17) is 0 Å². The number of fused-ring (bicyclic) bond motifs is 1. The molecule has 0 aliphatic carbocycles. The normalized spacial score (nSPS) is 24.4. The summed E-state index contributed by atoms with van der Waals surface area (Å²) >= 11 is 0. The number of nitrogens with zero attached hydrogens (tertiary/aromatic N) is 2. The lowest BCUT2D eigenvalue weighted by atomic mass is 10.0. The van der Waals surface area contributed by atoms with Gasteiger partial charge in [-0.05, 0) is 38.3 Å². The van der Waals surface area contributed by atoms with Gasteiger partial charge in [-0.15, -0.1) is 0 Å². The number of nitrogens with one attached hydrogen (secondary N) is 2. The Hall–Kier alpha value is -2.90. The second-order valence-electron chi connectivity index (χ2n) is 7.66. The number of imide groups is 1. The number of rotatable bonds is 4. The number of anilines is 1. The van der Waals surface area contributed by atoms with E-state index in [9.17, 15) is 19.2 Å². The van der Waals surface area contributed by atoms with Gasteiger partial charge in [0, 0.05) is 42.4 Å². The predicted molar refractivity (Wildman–Crippen MR) is 101 cm³/mol. The molecule has 0 bridgehead atoms. The van der Waals surface area contributed by atoms with Crippen LogP contribution in [0, 0.1) is 0 Å². The summed E-state index contributed by atoms with van der Waals surface area (Å²) in [7, 11) is 0. The van der Waals surface area contributed by atoms with Crippen molar-refractivity contribution in [3.05, 3.63) is 29.3 Å². The summed E-state index contributed by atoms with van der Waals surface area (Å²) in [5.41, 5.74) is 2.07. The minimum Gasteiger partial charge on any atom is -0.376 e. The molecule has 3 aliphatic heterocycles. The quantitative estimate of drug-likeness (QED) is 0.751. The van der Waals surface area contributed by atoms with E-state index in [1.54, 1.807) is 12.1 Å². The smallest absolute Gasteiger partial charge is 0.255 e. The molecule has 2 atom stereocenters. The van der Waals surface area contributed by atoms with Gasteiger partial charge in [0.05, 0.1) is 6.54 Å². The van der Waals surface area contributed by atoms with E-state index < -0.39 is 11.9 Å². The molecule has 1 aromatic carbocycles. The third-order valence-corrected chi connectivity index (χ3v) is 5.89. The van der Waals surface area contributed by atoms with Crippen LogP contribution in [0.1, 0.15) is 48.5 Å². The number of carbonyl (C=O) groups is 4. The van der Waals surface area contributed by atoms with Gasteiger partial charge in [-0.25, -0.2) is 0 Å². The van der Waals surface area contributed by atoms with Crippen molar-refractivity contribution in [1.29, 1.82) is 0 Å². The van der Waals surface area contributed by atoms with Crippen molar-refractivity contribution in [2.24, 2.45) is 0 Å². The van der Waals surface area contributed by atoms with Crippen LogP contribution in [-0.2, 0) is 20.9 Å². The Morgan fingerprint density at radius 1 is 1.25 bits per heavy atom. The first-order valence-corrected chi connectivity index (χ1v) is 9.75. The fourth-order valence-electron chi connectivity index (χ4n) is 4.33. The molecule has 3 heterocycles. The van der Waals surface area contributed by atoms with Crippen LogP contribution in [0.3, 0.4) is 0 Å². The summed E-state index contributed by atoms with van der Waals surface area (Å²) in [6, 6.07) is 4.98. The topological polar surface area (TPSA) is 98.8 Å². The molecule has 4 amide bonds. The molecule has 2 fully saturated rings. The zero-order valence-corrected chi connectivity index (χ0v) is 15.9. The lowest BCUT2D eigenvalue weighted by Gasteiger charge is -2.29. The van der Waals surface area contributed by atoms with Gasteiger partial charge in [-0.1, -0.05) is 6.07 Å². The monoisotopic (exact) mass is 384 g/mol. The third-order valence-electron chi connectivity index (χ3n) is 5.89. The van der Waals surface area contributed by atoms with Crippen LogP contribution in [0.5, 0.6) is 0 Å². The fraction of sp³-hybridized carbons (Fsp3) is 0.500. The van der Waals surface area contributed by atoms with Gasteiger partial charge in [0.25, 0.3) is 5.91 Å². The van der Waals surface area contributed by atoms with Crippen molar-refractivity contribution in [3.63, 3.8) is 0 Å². The SMILES string of the molecule is C[C@@H]1CCCN1C(=O)CNc1cccc2c1CN(C1CCC(=O)NC1=O)C2=O. The van der Waals surface area contributed by atoms with Crippen molar-refractivity contribution >= 4 is 29.3 Å². The number of amides is 4. The fourth-order valence-corrected chi connectivity index (χ4v) is 4.33. The van der Waals surface area contributed by atoms with Gasteiger partial charge in [-0.3, -0.25) is 24.5 Å². The number of likely N-dealkylation sites (tertiary alicyclic amines) is 1. The third kappa shape index (κ3) is 3.23. The minimum atomic E-state index is -0.641. The van der Waals surface area contributed by atoms with Crippen LogP contribution in [0.4, 0.5) is 5.69 Å². The van der Waals surface area contributed by atoms with Crippen molar-refractivity contribution in [1.82, 2.24) is 15.1 Å². The lowest BCUT2D eigenvalue weighted by molar-refractivity contribution is -0.137. The number of hydrogen-bond donors (Lipinski definition) is 2. The Morgan fingerprint density at radius 3 is 2.79 bits per heavy atom. The average molecular weight is 384 g/mol. The second-order valence-corrected chi connectivity index (χ2v) is 7.66. The molecule has 4 rings (SSSR count). The van der Waals surface area contributed by atoms with Gasteiger partial charge in [0.2, 0.25) is 17.7 Å². The second kappa shape index (κ2) is 7.26. The van der Waals surface area contributed by atoms with Crippen molar-refractivity contribution in [2.45, 2.75) is 51.2 Å². The summed E-state index contributed by atoms with van der Waals surface area (Å²) in [6.45, 7) is 3.31. The summed E-state index contributed by atoms with van der Waals surface area (Å²) in [5, 5.41) is 5.49. The van der Waals surface area contributed by atoms with E-state index in [0.29, 0.717) is 12.0 Å². The Balaban J connectivity index is 1.47. The Bertz CT molecular complexity index is 853. The first kappa shape index (κ1) is 18.5. The maximum absolute atomic E-state index is 12.8. The number of piperidine rings is 1. The van der Waals surface area contributed by atoms with E-state index in [1.165, 1.54) is 4.90 Å². The largest absolute Gasteiger partial charge is 0.376 e. The molecule has 148 valence electrons. The molecule has 8 heteroatoms. The van der Waals surface area contributed by atoms with E-state index in [2.05, 4.69) is 17.6 Å². The standard InChI is InChI=1S/C20H24N4O4/c1-12-4-3-9-23(12)18(26)10-21-15-6-2-5-13-14(15)11-24(20(13)28)16-7-8-17(25)22-19(16)27/h2,5-6,12,16,21H,3-4,7-11H2,1H3,(H,22,25,27)/t12-,16?/m1/s1. The van der Waals surface area contributed by atoms with Gasteiger partial charge < -0.3 is 15.1 Å². The molecule has 1 aromatic rings. The molecule has 2 saturated heterocycles. The minimum absolute atomic E-state index is 0.0500. The first-order valence-electron chi connectivity index (χ1n) is 9.75. The summed E-state index contributed by atoms with van der Waals surface area (Å²) in [5.74, 6) is -0.894. The average Bonchev–Trinajstić information content (AvgIpc) is 3.24. The number of hydrogen-bond acceptors (Lipinski definition) is 5. The van der Waals surface area contributed by atoms with Gasteiger partial charge >= 0.3 is 0 Å². The number of benzene rings is 1. The molecule has 8 nitrogen and oxygen atoms in total. The predicted octanol–water partition coefficient (Wildman–Crippen LogP) is 0.870. The van der Waals surface area contributed by atoms with E-state index in [1.807, 2.05) is 11.0 Å². The van der Waals surface area contributed by atoms with Crippen molar-refractivity contribution < 1.29 is 19.2 Å². The molecule has 3 aliphatic rings. The highest BCUT2D eigenvalue weighted by atomic mass is 16.2. The highest BCUT2D eigenvalue weighted by Crippen LogP contribution is 2.32. The van der Waals surface area contributed by atoms with Gasteiger partial charge in [0.1, 0.15) is 6.04 Å². The van der Waals surface area contributed by atoms with Crippen LogP contribution in [0.15, 0.2) is 18.2 Å². The van der Waals surface area contributed by atoms with E-state index in [-0.39, 0.29) is 43.3 Å². The molecule has 28 heavy (non-hydrogen) atoms. The lowest BCUT2D eigenvalue weighted by Crippen LogP contribution is -2.52. The highest BCUT2D eigenvalue weighted by molar-refractivity contribution is 6.06. The molecule has 0 spiro atoms. The molecule has 0 radical (unpaired) electrons. The van der Waals surface area contributed by atoms with Crippen molar-refractivity contribution in [2.75, 3.05) is 18.4 Å². The van der Waals surface area contributed by atoms with Crippen LogP contribution >= 0.6 is 0 Å². The highest BCUT2D eigenvalue weighted by Gasteiger charge is 2.39. The Morgan fingerprint density at radius 2 is 2.07 bits per heavy atom. The zero-order valence-electron chi connectivity index (χ0n) is 15.9. The first-order chi connectivity index (χ1) is 13.5. The molecular formula is C20H24N4O4. The van der Waals surface area contributed by atoms with Crippen LogP contribution < -0.4 is 10.6 Å². The molecule has 2 N–H and O–H groups in total. The van der Waals surface area contributed by atoms with Crippen LogP contribution in [-0.4, -0.2) is 58.6 Å². The molecule has 0 aromatic heterocycles. The number of carbonyl (C=O) groups excluding carboxylic acids is 4. The molecular weight excluding hydrogens is 360 g/mol. The summed E-state index contributed by atoms with van der Waals surface area (Å²) < 4.78 is 0. The Labute approximate surface area is 163 Å². The van der Waals surface area contributed by atoms with E-state index >= 15 is 0 Å². The van der Waals surface area contributed by atoms with Crippen LogP contribution in [0.2, 0.25) is 0 Å².